The van der Waals surface area contributed by atoms with E-state index in [1.807, 2.05) is 0 Å². The van der Waals surface area contributed by atoms with Crippen molar-refractivity contribution in [3.8, 4) is 0 Å². The predicted molar refractivity (Wildman–Crippen MR) is 98.9 cm³/mol. The summed E-state index contributed by atoms with van der Waals surface area (Å²) in [7, 11) is -17.4. The van der Waals surface area contributed by atoms with Crippen molar-refractivity contribution in [3.05, 3.63) is 16.7 Å². The van der Waals surface area contributed by atoms with Crippen LogP contribution in [0.4, 0.5) is 5.95 Å². The second-order valence-electron chi connectivity index (χ2n) is 6.21. The van der Waals surface area contributed by atoms with Crippen molar-refractivity contribution in [2.75, 3.05) is 5.73 Å². The number of ether oxygens (including phenoxy) is 1. The number of carboxylic acid groups (broad SMARTS) is 1. The van der Waals surface area contributed by atoms with Crippen LogP contribution in [-0.2, 0) is 36.4 Å². The van der Waals surface area contributed by atoms with Crippen molar-refractivity contribution in [1.29, 1.82) is 0 Å². The second kappa shape index (κ2) is 8.62. The lowest BCUT2D eigenvalue weighted by Crippen LogP contribution is -2.38. The molecule has 3 heterocycles. The van der Waals surface area contributed by atoms with Gasteiger partial charge in [-0.1, -0.05) is 0 Å². The number of nitrogens with two attached hydrogens (primary N) is 1. The molecule has 20 nitrogen and oxygen atoms in total. The van der Waals surface area contributed by atoms with E-state index in [4.69, 9.17) is 20.3 Å². The molecule has 9 N–H and O–H groups in total. The number of aromatic nitrogens is 4. The minimum absolute atomic E-state index is 0.275. The Hall–Kier alpha value is -2.05. The third-order valence-electron chi connectivity index (χ3n) is 3.85. The molecule has 0 amide bonds. The highest BCUT2D eigenvalue weighted by molar-refractivity contribution is 7.66. The smallest absolute Gasteiger partial charge is 0.479 e. The highest BCUT2D eigenvalue weighted by Crippen LogP contribution is 2.67. The molecule has 2 aromatic rings. The van der Waals surface area contributed by atoms with Crippen LogP contribution in [0.1, 0.15) is 6.23 Å². The summed E-state index contributed by atoms with van der Waals surface area (Å²) in [5.41, 5.74) is 4.09. The topological polar surface area (TPSA) is 316 Å². The second-order valence-corrected chi connectivity index (χ2v) is 10.6. The van der Waals surface area contributed by atoms with E-state index < -0.39 is 59.5 Å². The van der Waals surface area contributed by atoms with Crippen LogP contribution in [-0.4, -0.2) is 73.6 Å². The Kier molecular flexibility index (Phi) is 6.68. The van der Waals surface area contributed by atoms with Gasteiger partial charge in [-0.25, -0.2) is 23.5 Å². The van der Waals surface area contributed by atoms with Gasteiger partial charge in [0, 0.05) is 0 Å². The van der Waals surface area contributed by atoms with E-state index >= 15 is 0 Å². The van der Waals surface area contributed by atoms with Gasteiger partial charge in [-0.05, 0) is 0 Å². The first-order chi connectivity index (χ1) is 15.0. The maximum absolute atomic E-state index is 12.1. The van der Waals surface area contributed by atoms with Gasteiger partial charge in [-0.3, -0.25) is 18.9 Å². The van der Waals surface area contributed by atoms with Crippen molar-refractivity contribution < 1.29 is 66.2 Å². The van der Waals surface area contributed by atoms with E-state index in [9.17, 15) is 43.3 Å². The molecule has 0 spiro atoms. The SMILES string of the molecule is Nc1nc2c(ncn2[C@@H]2O[C@H](C(=O)O)[C@@H](OP(=O)(O)OP(=O)(O)OP(=O)(O)O)[C@H]2O)c(=O)[nH]1. The minimum Gasteiger partial charge on any atom is -0.479 e. The maximum Gasteiger partial charge on any atom is 0.490 e. The molecule has 6 atom stereocenters. The Morgan fingerprint density at radius 3 is 2.39 bits per heavy atom. The molecule has 2 aromatic heterocycles. The number of nitrogens with one attached hydrogen (secondary N) is 1. The Labute approximate surface area is 180 Å². The predicted octanol–water partition coefficient (Wildman–Crippen LogP) is -2.24. The van der Waals surface area contributed by atoms with Crippen LogP contribution in [0, 0.1) is 0 Å². The molecule has 0 aliphatic carbocycles. The average molecular weight is 537 g/mol. The van der Waals surface area contributed by atoms with Gasteiger partial charge < -0.3 is 40.3 Å². The number of hydrogen-bond donors (Lipinski definition) is 8. The Balaban J connectivity index is 1.91. The lowest BCUT2D eigenvalue weighted by molar-refractivity contribution is -0.154. The molecule has 1 fully saturated rings. The number of carbonyl (C=O) groups is 1. The number of imidazole rings is 1. The van der Waals surface area contributed by atoms with Crippen LogP contribution in [0.2, 0.25) is 0 Å². The number of hydrogen-bond acceptors (Lipinski definition) is 13. The Morgan fingerprint density at radius 1 is 1.18 bits per heavy atom. The zero-order valence-corrected chi connectivity index (χ0v) is 18.2. The van der Waals surface area contributed by atoms with Gasteiger partial charge in [0.15, 0.2) is 23.5 Å². The molecular weight excluding hydrogens is 523 g/mol. The number of aromatic amines is 1. The first-order valence-electron chi connectivity index (χ1n) is 8.10. The van der Waals surface area contributed by atoms with Gasteiger partial charge in [0.2, 0.25) is 5.95 Å². The number of aliphatic hydroxyl groups is 1. The molecule has 0 radical (unpaired) electrons. The minimum atomic E-state index is -5.91. The van der Waals surface area contributed by atoms with Crippen LogP contribution in [0.15, 0.2) is 11.1 Å². The molecule has 33 heavy (non-hydrogen) atoms. The van der Waals surface area contributed by atoms with Crippen LogP contribution in [0.5, 0.6) is 0 Å². The zero-order chi connectivity index (χ0) is 24.9. The van der Waals surface area contributed by atoms with Crippen molar-refractivity contribution in [2.45, 2.75) is 24.5 Å². The molecule has 3 rings (SSSR count). The highest BCUT2D eigenvalue weighted by Gasteiger charge is 2.54. The third kappa shape index (κ3) is 5.72. The summed E-state index contributed by atoms with van der Waals surface area (Å²) in [5, 5.41) is 19.8. The summed E-state index contributed by atoms with van der Waals surface area (Å²) >= 11 is 0. The highest BCUT2D eigenvalue weighted by atomic mass is 31.3. The molecule has 184 valence electrons. The van der Waals surface area contributed by atoms with E-state index in [0.29, 0.717) is 0 Å². The van der Waals surface area contributed by atoms with Gasteiger partial charge in [-0.15, -0.1) is 0 Å². The number of H-pyrrole nitrogens is 1. The number of nitrogen functional groups attached to an aromatic ring is 1. The number of phosphoric ester groups is 1. The van der Waals surface area contributed by atoms with Crippen LogP contribution < -0.4 is 11.3 Å². The summed E-state index contributed by atoms with van der Waals surface area (Å²) in [6.07, 6.45) is -7.44. The number of nitrogens with zero attached hydrogens (tertiary/aromatic N) is 3. The quantitative estimate of drug-likeness (QED) is 0.165. The largest absolute Gasteiger partial charge is 0.490 e. The fraction of sp³-hybridized carbons (Fsp3) is 0.400. The summed E-state index contributed by atoms with van der Waals surface area (Å²) in [5.74, 6) is -2.21. The van der Waals surface area contributed by atoms with Gasteiger partial charge in [0.25, 0.3) is 5.56 Å². The third-order valence-corrected chi connectivity index (χ3v) is 7.69. The lowest BCUT2D eigenvalue weighted by atomic mass is 10.1. The van der Waals surface area contributed by atoms with E-state index in [1.54, 1.807) is 0 Å². The molecule has 1 aliphatic heterocycles. The fourth-order valence-electron chi connectivity index (χ4n) is 2.78. The first-order valence-corrected chi connectivity index (χ1v) is 12.6. The average Bonchev–Trinajstić information content (AvgIpc) is 3.13. The van der Waals surface area contributed by atoms with Gasteiger partial charge in [-0.2, -0.15) is 13.6 Å². The maximum atomic E-state index is 12.1. The zero-order valence-electron chi connectivity index (χ0n) is 15.5. The number of phosphoric acid groups is 3. The van der Waals surface area contributed by atoms with Crippen LogP contribution in [0.3, 0.4) is 0 Å². The molecule has 0 saturated carbocycles. The van der Waals surface area contributed by atoms with Crippen molar-refractivity contribution in [2.24, 2.45) is 0 Å². The van der Waals surface area contributed by atoms with Gasteiger partial charge in [0.05, 0.1) is 6.33 Å². The number of fused-ring (bicyclic) bond motifs is 1. The van der Waals surface area contributed by atoms with Crippen molar-refractivity contribution in [1.82, 2.24) is 19.5 Å². The van der Waals surface area contributed by atoms with E-state index in [1.165, 1.54) is 0 Å². The monoisotopic (exact) mass is 537 g/mol. The molecule has 2 unspecified atom stereocenters. The number of aliphatic carboxylic acids is 1. The molecule has 1 saturated heterocycles. The fourth-order valence-corrected chi connectivity index (χ4v) is 5.98. The number of rotatable bonds is 8. The van der Waals surface area contributed by atoms with E-state index in [-0.39, 0.29) is 17.1 Å². The van der Waals surface area contributed by atoms with Gasteiger partial charge in [0.1, 0.15) is 12.2 Å². The van der Waals surface area contributed by atoms with Crippen molar-refractivity contribution >= 4 is 46.5 Å². The molecule has 0 aromatic carbocycles. The first kappa shape index (κ1) is 25.6. The summed E-state index contributed by atoms with van der Waals surface area (Å²) in [6.45, 7) is 0. The van der Waals surface area contributed by atoms with Gasteiger partial charge >= 0.3 is 29.4 Å². The summed E-state index contributed by atoms with van der Waals surface area (Å²) in [6, 6.07) is 0. The molecule has 1 aliphatic rings. The molecule has 0 bridgehead atoms. The van der Waals surface area contributed by atoms with E-state index in [2.05, 4.69) is 28.1 Å². The number of anilines is 1. The van der Waals surface area contributed by atoms with Crippen molar-refractivity contribution in [3.63, 3.8) is 0 Å². The lowest BCUT2D eigenvalue weighted by Gasteiger charge is -2.22. The number of carboxylic acids is 1. The van der Waals surface area contributed by atoms with Crippen LogP contribution >= 0.6 is 23.5 Å². The summed E-state index contributed by atoms with van der Waals surface area (Å²) in [4.78, 5) is 69.0. The van der Waals surface area contributed by atoms with E-state index in [0.717, 1.165) is 10.9 Å². The van der Waals surface area contributed by atoms with Crippen LogP contribution in [0.25, 0.3) is 11.2 Å². The molecule has 23 heteroatoms. The normalized spacial score (nSPS) is 27.3. The summed E-state index contributed by atoms with van der Waals surface area (Å²) < 4.78 is 51.7. The number of aliphatic hydroxyl groups excluding tert-OH is 1. The Bertz CT molecular complexity index is 1280. The Morgan fingerprint density at radius 2 is 1.82 bits per heavy atom. The standard InChI is InChI=1S/C10H14N5O15P3/c11-10-13-6-2(7(17)14-10)12-1-15(6)8-3(16)4(5(27-8)9(18)19)28-32(23,24)30-33(25,26)29-31(20,21)22/h1,3-5,8,16H,(H,18,19)(H,23,24)(H,25,26)(H2,20,21,22)(H3,11,13,14,17)/t3-,4+,5+,8-/m1/s1. The molecular formula is C10H14N5O15P3.